The van der Waals surface area contributed by atoms with Crippen LogP contribution < -0.4 is 11.1 Å². The molecule has 1 aromatic carbocycles. The van der Waals surface area contributed by atoms with Crippen molar-refractivity contribution in [1.82, 2.24) is 14.8 Å². The second-order valence-electron chi connectivity index (χ2n) is 5.76. The van der Waals surface area contributed by atoms with Crippen LogP contribution in [0.5, 0.6) is 0 Å². The fourth-order valence-corrected chi connectivity index (χ4v) is 2.76. The van der Waals surface area contributed by atoms with Gasteiger partial charge >= 0.3 is 0 Å². The molecule has 1 aliphatic heterocycles. The third kappa shape index (κ3) is 5.97. The Kier molecular flexibility index (Phi) is 8.85. The number of carbonyl (C=O) groups excluding carboxylic acids is 1. The Morgan fingerprint density at radius 2 is 2.12 bits per heavy atom. The van der Waals surface area contributed by atoms with E-state index in [2.05, 4.69) is 15.4 Å². The lowest BCUT2D eigenvalue weighted by Gasteiger charge is -2.26. The Morgan fingerprint density at radius 3 is 2.80 bits per heavy atom. The first kappa shape index (κ1) is 21.4. The predicted molar refractivity (Wildman–Crippen MR) is 100 cm³/mol. The first-order chi connectivity index (χ1) is 11.2. The molecular formula is C16H23Cl2N5O2. The van der Waals surface area contributed by atoms with Crippen molar-refractivity contribution < 1.29 is 9.53 Å². The van der Waals surface area contributed by atoms with E-state index in [-0.39, 0.29) is 36.6 Å². The van der Waals surface area contributed by atoms with E-state index in [1.165, 1.54) is 6.33 Å². The highest BCUT2D eigenvalue weighted by Crippen LogP contribution is 2.19. The topological polar surface area (TPSA) is 95.1 Å². The lowest BCUT2D eigenvalue weighted by atomic mass is 9.92. The van der Waals surface area contributed by atoms with Crippen molar-refractivity contribution in [2.75, 3.05) is 18.5 Å². The minimum atomic E-state index is -0.502. The fraction of sp³-hybridized carbons (Fsp3) is 0.438. The first-order valence-corrected chi connectivity index (χ1v) is 7.78. The summed E-state index contributed by atoms with van der Waals surface area (Å²) >= 11 is 0. The standard InChI is InChI=1S/C16H21N5O2.2ClH/c17-15(13-4-6-23-7-5-13)16(22)20-14-3-1-2-12(8-14)9-21-11-18-10-19-21;;/h1-3,8,10-11,13,15H,4-7,9,17H2,(H,20,22);2*1H. The normalized spacial score (nSPS) is 15.6. The molecule has 3 N–H and O–H groups in total. The molecule has 0 radical (unpaired) electrons. The maximum atomic E-state index is 12.3. The Hall–Kier alpha value is -1.67. The van der Waals surface area contributed by atoms with Crippen molar-refractivity contribution in [3.63, 3.8) is 0 Å². The van der Waals surface area contributed by atoms with Crippen LogP contribution in [0.4, 0.5) is 5.69 Å². The van der Waals surface area contributed by atoms with Crippen LogP contribution in [-0.2, 0) is 16.1 Å². The zero-order valence-electron chi connectivity index (χ0n) is 13.7. The van der Waals surface area contributed by atoms with E-state index >= 15 is 0 Å². The molecule has 1 fully saturated rings. The van der Waals surface area contributed by atoms with Crippen LogP contribution in [0.3, 0.4) is 0 Å². The van der Waals surface area contributed by atoms with Gasteiger partial charge in [-0.05, 0) is 36.5 Å². The van der Waals surface area contributed by atoms with Crippen molar-refractivity contribution in [3.8, 4) is 0 Å². The number of carbonyl (C=O) groups is 1. The third-order valence-corrected chi connectivity index (χ3v) is 4.08. The largest absolute Gasteiger partial charge is 0.381 e. The zero-order valence-corrected chi connectivity index (χ0v) is 15.3. The molecule has 138 valence electrons. The molecule has 0 spiro atoms. The Bertz CT molecular complexity index is 648. The minimum Gasteiger partial charge on any atom is -0.381 e. The van der Waals surface area contributed by atoms with Gasteiger partial charge in [0.1, 0.15) is 12.7 Å². The summed E-state index contributed by atoms with van der Waals surface area (Å²) in [7, 11) is 0. The second-order valence-corrected chi connectivity index (χ2v) is 5.76. The van der Waals surface area contributed by atoms with Crippen LogP contribution in [0.1, 0.15) is 18.4 Å². The molecule has 0 bridgehead atoms. The molecule has 9 heteroatoms. The summed E-state index contributed by atoms with van der Waals surface area (Å²) in [6.07, 6.45) is 4.83. The number of hydrogen-bond acceptors (Lipinski definition) is 5. The molecule has 1 aliphatic rings. The molecule has 0 aliphatic carbocycles. The van der Waals surface area contributed by atoms with E-state index < -0.39 is 6.04 Å². The van der Waals surface area contributed by atoms with Crippen molar-refractivity contribution in [2.24, 2.45) is 11.7 Å². The molecule has 1 amide bonds. The predicted octanol–water partition coefficient (Wildman–Crippen LogP) is 1.86. The van der Waals surface area contributed by atoms with E-state index in [0.29, 0.717) is 19.8 Å². The van der Waals surface area contributed by atoms with Crippen LogP contribution in [-0.4, -0.2) is 39.9 Å². The smallest absolute Gasteiger partial charge is 0.241 e. The van der Waals surface area contributed by atoms with Gasteiger partial charge < -0.3 is 15.8 Å². The maximum absolute atomic E-state index is 12.3. The van der Waals surface area contributed by atoms with Gasteiger partial charge in [-0.15, -0.1) is 24.8 Å². The fourth-order valence-electron chi connectivity index (χ4n) is 2.76. The number of aromatic nitrogens is 3. The minimum absolute atomic E-state index is 0. The number of amides is 1. The van der Waals surface area contributed by atoms with Gasteiger partial charge in [-0.2, -0.15) is 5.10 Å². The third-order valence-electron chi connectivity index (χ3n) is 4.08. The Morgan fingerprint density at radius 1 is 1.36 bits per heavy atom. The molecule has 2 aromatic rings. The van der Waals surface area contributed by atoms with Gasteiger partial charge in [0.25, 0.3) is 0 Å². The maximum Gasteiger partial charge on any atom is 0.241 e. The second kappa shape index (κ2) is 10.4. The van der Waals surface area contributed by atoms with E-state index in [4.69, 9.17) is 10.5 Å². The van der Waals surface area contributed by atoms with Gasteiger partial charge in [-0.1, -0.05) is 12.1 Å². The van der Waals surface area contributed by atoms with Crippen LogP contribution in [0, 0.1) is 5.92 Å². The molecule has 1 atom stereocenters. The molecule has 0 saturated carbocycles. The van der Waals surface area contributed by atoms with Crippen LogP contribution in [0.15, 0.2) is 36.9 Å². The van der Waals surface area contributed by atoms with Gasteiger partial charge in [0, 0.05) is 18.9 Å². The molecule has 25 heavy (non-hydrogen) atoms. The van der Waals surface area contributed by atoms with Gasteiger partial charge in [0.15, 0.2) is 0 Å². The first-order valence-electron chi connectivity index (χ1n) is 7.78. The van der Waals surface area contributed by atoms with E-state index in [1.54, 1.807) is 11.0 Å². The molecular weight excluding hydrogens is 365 g/mol. The number of nitrogens with one attached hydrogen (secondary N) is 1. The summed E-state index contributed by atoms with van der Waals surface area (Å²) in [5.74, 6) is 0.0388. The summed E-state index contributed by atoms with van der Waals surface area (Å²) in [4.78, 5) is 16.3. The van der Waals surface area contributed by atoms with Gasteiger partial charge in [0.05, 0.1) is 12.6 Å². The van der Waals surface area contributed by atoms with Crippen LogP contribution in [0.25, 0.3) is 0 Å². The summed E-state index contributed by atoms with van der Waals surface area (Å²) in [6.45, 7) is 1.97. The Balaban J connectivity index is 0.00000156. The molecule has 1 aromatic heterocycles. The van der Waals surface area contributed by atoms with Gasteiger partial charge in [-0.25, -0.2) is 9.67 Å². The van der Waals surface area contributed by atoms with Gasteiger partial charge in [0.2, 0.25) is 5.91 Å². The number of anilines is 1. The SMILES string of the molecule is Cl.Cl.NC(C(=O)Nc1cccc(Cn2cncn2)c1)C1CCOCC1. The van der Waals surface area contributed by atoms with Crippen molar-refractivity contribution >= 4 is 36.4 Å². The highest BCUT2D eigenvalue weighted by Gasteiger charge is 2.26. The summed E-state index contributed by atoms with van der Waals surface area (Å²) in [5, 5.41) is 6.99. The summed E-state index contributed by atoms with van der Waals surface area (Å²) in [6, 6.07) is 7.17. The number of nitrogens with zero attached hydrogens (tertiary/aromatic N) is 3. The number of halogens is 2. The van der Waals surface area contributed by atoms with Crippen molar-refractivity contribution in [2.45, 2.75) is 25.4 Å². The highest BCUT2D eigenvalue weighted by atomic mass is 35.5. The van der Waals surface area contributed by atoms with Gasteiger partial charge in [-0.3, -0.25) is 4.79 Å². The lowest BCUT2D eigenvalue weighted by molar-refractivity contribution is -0.119. The molecule has 3 rings (SSSR count). The van der Waals surface area contributed by atoms with Crippen molar-refractivity contribution in [1.29, 1.82) is 0 Å². The highest BCUT2D eigenvalue weighted by molar-refractivity contribution is 5.94. The zero-order chi connectivity index (χ0) is 16.1. The lowest BCUT2D eigenvalue weighted by Crippen LogP contribution is -2.44. The molecule has 2 heterocycles. The number of benzene rings is 1. The number of hydrogen-bond donors (Lipinski definition) is 2. The number of nitrogens with two attached hydrogens (primary N) is 1. The average molecular weight is 388 g/mol. The average Bonchev–Trinajstić information content (AvgIpc) is 3.08. The van der Waals surface area contributed by atoms with E-state index in [1.807, 2.05) is 24.3 Å². The molecule has 1 saturated heterocycles. The summed E-state index contributed by atoms with van der Waals surface area (Å²) < 4.78 is 7.04. The Labute approximate surface area is 159 Å². The van der Waals surface area contributed by atoms with Crippen molar-refractivity contribution in [3.05, 3.63) is 42.5 Å². The molecule has 1 unspecified atom stereocenters. The molecule has 7 nitrogen and oxygen atoms in total. The monoisotopic (exact) mass is 387 g/mol. The number of ether oxygens (including phenoxy) is 1. The quantitative estimate of drug-likeness (QED) is 0.816. The van der Waals surface area contributed by atoms with E-state index in [9.17, 15) is 4.79 Å². The number of rotatable bonds is 5. The van der Waals surface area contributed by atoms with Crippen LogP contribution in [0.2, 0.25) is 0 Å². The van der Waals surface area contributed by atoms with Crippen LogP contribution >= 0.6 is 24.8 Å². The summed E-state index contributed by atoms with van der Waals surface area (Å²) in [5.41, 5.74) is 7.88. The van der Waals surface area contributed by atoms with E-state index in [0.717, 1.165) is 24.1 Å².